The molecule has 1 aliphatic rings. The number of rotatable bonds is 2. The molecule has 0 aromatic carbocycles. The summed E-state index contributed by atoms with van der Waals surface area (Å²) in [5.41, 5.74) is 2.44. The normalized spacial score (nSPS) is 18.7. The van der Waals surface area contributed by atoms with Gasteiger partial charge in [-0.25, -0.2) is 0 Å². The maximum atomic E-state index is 4.59. The van der Waals surface area contributed by atoms with Crippen molar-refractivity contribution in [2.75, 3.05) is 39.1 Å². The fourth-order valence-corrected chi connectivity index (χ4v) is 2.21. The number of hydrogen-bond donors (Lipinski definition) is 0. The van der Waals surface area contributed by atoms with Gasteiger partial charge in [0.2, 0.25) is 0 Å². The van der Waals surface area contributed by atoms with Crippen LogP contribution in [0, 0.1) is 0 Å². The molecular formula is C13H21N3. The van der Waals surface area contributed by atoms with E-state index in [0.717, 1.165) is 0 Å². The number of nitrogens with zero attached hydrogens (tertiary/aromatic N) is 3. The predicted molar refractivity (Wildman–Crippen MR) is 68.0 cm³/mol. The summed E-state index contributed by atoms with van der Waals surface area (Å²) >= 11 is 0. The van der Waals surface area contributed by atoms with Gasteiger partial charge in [-0.05, 0) is 45.1 Å². The van der Waals surface area contributed by atoms with Gasteiger partial charge in [0, 0.05) is 25.7 Å². The Morgan fingerprint density at radius 1 is 1.25 bits per heavy atom. The van der Waals surface area contributed by atoms with Gasteiger partial charge in [0.05, 0.1) is 11.9 Å². The van der Waals surface area contributed by atoms with E-state index in [1.54, 1.807) is 0 Å². The zero-order valence-corrected chi connectivity index (χ0v) is 10.5. The van der Waals surface area contributed by atoms with Gasteiger partial charge in [-0.1, -0.05) is 0 Å². The Balaban J connectivity index is 2.04. The van der Waals surface area contributed by atoms with E-state index in [9.17, 15) is 0 Å². The van der Waals surface area contributed by atoms with Crippen molar-refractivity contribution in [3.8, 4) is 0 Å². The van der Waals surface area contributed by atoms with Crippen molar-refractivity contribution in [3.63, 3.8) is 0 Å². The highest BCUT2D eigenvalue weighted by Gasteiger charge is 2.19. The minimum Gasteiger partial charge on any atom is -0.376 e. The van der Waals surface area contributed by atoms with Crippen molar-refractivity contribution in [1.29, 1.82) is 0 Å². The first-order valence-electron chi connectivity index (χ1n) is 5.98. The van der Waals surface area contributed by atoms with E-state index in [1.165, 1.54) is 37.3 Å². The molecule has 16 heavy (non-hydrogen) atoms. The van der Waals surface area contributed by atoms with Gasteiger partial charge in [-0.2, -0.15) is 0 Å². The number of anilines is 1. The molecule has 2 heterocycles. The molecule has 0 amide bonds. The van der Waals surface area contributed by atoms with Crippen LogP contribution in [0.2, 0.25) is 0 Å². The average Bonchev–Trinajstić information content (AvgIpc) is 2.30. The molecule has 0 unspecified atom stereocenters. The summed E-state index contributed by atoms with van der Waals surface area (Å²) in [5, 5.41) is 0. The SMILES string of the molecule is CN1CCC(c2ccc(N(C)C)cn2)CC1. The molecule has 3 heteroatoms. The Hall–Kier alpha value is -1.09. The Bertz CT molecular complexity index is 324. The van der Waals surface area contributed by atoms with Crippen LogP contribution >= 0.6 is 0 Å². The molecule has 0 atom stereocenters. The molecular weight excluding hydrogens is 198 g/mol. The van der Waals surface area contributed by atoms with Gasteiger partial charge >= 0.3 is 0 Å². The van der Waals surface area contributed by atoms with E-state index in [0.29, 0.717) is 5.92 Å². The summed E-state index contributed by atoms with van der Waals surface area (Å²) in [5.74, 6) is 0.660. The number of piperidine rings is 1. The Labute approximate surface area is 98.1 Å². The van der Waals surface area contributed by atoms with Gasteiger partial charge in [0.1, 0.15) is 0 Å². The minimum atomic E-state index is 0.660. The van der Waals surface area contributed by atoms with Crippen LogP contribution in [0.3, 0.4) is 0 Å². The number of likely N-dealkylation sites (tertiary alicyclic amines) is 1. The maximum absolute atomic E-state index is 4.59. The van der Waals surface area contributed by atoms with Crippen LogP contribution < -0.4 is 4.90 Å². The van der Waals surface area contributed by atoms with Crippen LogP contribution in [0.5, 0.6) is 0 Å². The number of aromatic nitrogens is 1. The van der Waals surface area contributed by atoms with Crippen molar-refractivity contribution in [1.82, 2.24) is 9.88 Å². The van der Waals surface area contributed by atoms with Gasteiger partial charge in [-0.3, -0.25) is 4.98 Å². The third-order valence-electron chi connectivity index (χ3n) is 3.42. The first kappa shape index (κ1) is 11.4. The predicted octanol–water partition coefficient (Wildman–Crippen LogP) is 1.96. The lowest BCUT2D eigenvalue weighted by Gasteiger charge is -2.28. The summed E-state index contributed by atoms with van der Waals surface area (Å²) in [7, 11) is 6.29. The van der Waals surface area contributed by atoms with E-state index in [-0.39, 0.29) is 0 Å². The third kappa shape index (κ3) is 2.53. The molecule has 1 saturated heterocycles. The molecule has 0 radical (unpaired) electrons. The zero-order chi connectivity index (χ0) is 11.5. The molecule has 3 nitrogen and oxygen atoms in total. The Morgan fingerprint density at radius 2 is 1.94 bits per heavy atom. The quantitative estimate of drug-likeness (QED) is 0.758. The van der Waals surface area contributed by atoms with E-state index >= 15 is 0 Å². The maximum Gasteiger partial charge on any atom is 0.0547 e. The molecule has 1 fully saturated rings. The molecule has 1 aromatic heterocycles. The number of pyridine rings is 1. The van der Waals surface area contributed by atoms with Crippen LogP contribution in [0.25, 0.3) is 0 Å². The smallest absolute Gasteiger partial charge is 0.0547 e. The van der Waals surface area contributed by atoms with Crippen molar-refractivity contribution in [2.45, 2.75) is 18.8 Å². The first-order valence-corrected chi connectivity index (χ1v) is 5.98. The van der Waals surface area contributed by atoms with Crippen molar-refractivity contribution in [2.24, 2.45) is 0 Å². The number of hydrogen-bond acceptors (Lipinski definition) is 3. The van der Waals surface area contributed by atoms with Gasteiger partial charge in [0.15, 0.2) is 0 Å². The van der Waals surface area contributed by atoms with E-state index < -0.39 is 0 Å². The molecule has 2 rings (SSSR count). The second kappa shape index (κ2) is 4.83. The topological polar surface area (TPSA) is 19.4 Å². The Morgan fingerprint density at radius 3 is 2.44 bits per heavy atom. The molecule has 88 valence electrons. The lowest BCUT2D eigenvalue weighted by atomic mass is 9.93. The second-order valence-corrected chi connectivity index (χ2v) is 4.91. The standard InChI is InChI=1S/C13H21N3/c1-15(2)12-4-5-13(14-10-12)11-6-8-16(3)9-7-11/h4-5,10-11H,6-9H2,1-3H3. The highest BCUT2D eigenvalue weighted by molar-refractivity contribution is 5.42. The highest BCUT2D eigenvalue weighted by atomic mass is 15.1. The molecule has 0 bridgehead atoms. The van der Waals surface area contributed by atoms with Crippen LogP contribution in [0.1, 0.15) is 24.5 Å². The van der Waals surface area contributed by atoms with Gasteiger partial charge < -0.3 is 9.80 Å². The van der Waals surface area contributed by atoms with Crippen LogP contribution in [-0.4, -0.2) is 44.1 Å². The molecule has 1 aliphatic heterocycles. The third-order valence-corrected chi connectivity index (χ3v) is 3.42. The van der Waals surface area contributed by atoms with Crippen molar-refractivity contribution < 1.29 is 0 Å². The lowest BCUT2D eigenvalue weighted by Crippen LogP contribution is -2.29. The van der Waals surface area contributed by atoms with Crippen molar-refractivity contribution in [3.05, 3.63) is 24.0 Å². The molecule has 1 aromatic rings. The van der Waals surface area contributed by atoms with Crippen molar-refractivity contribution >= 4 is 5.69 Å². The zero-order valence-electron chi connectivity index (χ0n) is 10.5. The average molecular weight is 219 g/mol. The highest BCUT2D eigenvalue weighted by Crippen LogP contribution is 2.26. The van der Waals surface area contributed by atoms with Crippen LogP contribution in [0.4, 0.5) is 5.69 Å². The monoisotopic (exact) mass is 219 g/mol. The summed E-state index contributed by atoms with van der Waals surface area (Å²) in [6, 6.07) is 4.35. The van der Waals surface area contributed by atoms with Gasteiger partial charge in [0.25, 0.3) is 0 Å². The van der Waals surface area contributed by atoms with E-state index in [1.807, 2.05) is 20.3 Å². The van der Waals surface area contributed by atoms with Crippen LogP contribution in [0.15, 0.2) is 18.3 Å². The van der Waals surface area contributed by atoms with Gasteiger partial charge in [-0.15, -0.1) is 0 Å². The van der Waals surface area contributed by atoms with E-state index in [2.05, 4.69) is 34.0 Å². The molecule has 0 spiro atoms. The van der Waals surface area contributed by atoms with E-state index in [4.69, 9.17) is 0 Å². The summed E-state index contributed by atoms with van der Waals surface area (Å²) in [6.07, 6.45) is 4.46. The summed E-state index contributed by atoms with van der Waals surface area (Å²) < 4.78 is 0. The summed E-state index contributed by atoms with van der Waals surface area (Å²) in [6.45, 7) is 2.39. The fraction of sp³-hybridized carbons (Fsp3) is 0.615. The molecule has 0 saturated carbocycles. The fourth-order valence-electron chi connectivity index (χ4n) is 2.21. The molecule has 0 aliphatic carbocycles. The first-order chi connectivity index (χ1) is 7.66. The van der Waals surface area contributed by atoms with Crippen LogP contribution in [-0.2, 0) is 0 Å². The molecule has 0 N–H and O–H groups in total. The summed E-state index contributed by atoms with van der Waals surface area (Å²) in [4.78, 5) is 9.07. The Kier molecular flexibility index (Phi) is 3.44. The lowest BCUT2D eigenvalue weighted by molar-refractivity contribution is 0.253. The second-order valence-electron chi connectivity index (χ2n) is 4.91. The minimum absolute atomic E-state index is 0.660. The largest absolute Gasteiger partial charge is 0.376 e.